The Kier molecular flexibility index (Phi) is 2.73. The Hall–Kier alpha value is -1.92. The third-order valence-corrected chi connectivity index (χ3v) is 4.25. The number of rotatable bonds is 2. The summed E-state index contributed by atoms with van der Waals surface area (Å²) < 4.78 is 0. The van der Waals surface area contributed by atoms with Gasteiger partial charge in [-0.25, -0.2) is 4.79 Å². The molecule has 0 radical (unpaired) electrons. The summed E-state index contributed by atoms with van der Waals surface area (Å²) in [6, 6.07) is 7.51. The molecule has 0 atom stereocenters. The van der Waals surface area contributed by atoms with Crippen LogP contribution in [-0.4, -0.2) is 9.97 Å². The van der Waals surface area contributed by atoms with Crippen molar-refractivity contribution >= 4 is 22.7 Å². The standard InChI is InChI=1S/C12H8N2O2S2/c15-11-9(7-3-1-5-17-7)10(13-12(16)14-11)8-4-2-6-18-8/h1-6H,(H2,13,14,15,16). The van der Waals surface area contributed by atoms with Crippen LogP contribution in [0.1, 0.15) is 0 Å². The van der Waals surface area contributed by atoms with Gasteiger partial charge in [0.15, 0.2) is 0 Å². The summed E-state index contributed by atoms with van der Waals surface area (Å²) in [5, 5.41) is 3.81. The van der Waals surface area contributed by atoms with E-state index in [4.69, 9.17) is 0 Å². The molecule has 2 N–H and O–H groups in total. The topological polar surface area (TPSA) is 65.7 Å². The van der Waals surface area contributed by atoms with E-state index in [-0.39, 0.29) is 5.56 Å². The van der Waals surface area contributed by atoms with Crippen LogP contribution in [0, 0.1) is 0 Å². The SMILES string of the molecule is O=c1[nH]c(-c2cccs2)c(-c2cccs2)c(=O)[nH]1. The second-order valence-corrected chi connectivity index (χ2v) is 5.51. The molecule has 18 heavy (non-hydrogen) atoms. The van der Waals surface area contributed by atoms with Gasteiger partial charge in [-0.05, 0) is 22.9 Å². The van der Waals surface area contributed by atoms with Gasteiger partial charge in [-0.1, -0.05) is 12.1 Å². The number of nitrogens with one attached hydrogen (secondary N) is 2. The fourth-order valence-electron chi connectivity index (χ4n) is 1.75. The zero-order valence-corrected chi connectivity index (χ0v) is 10.7. The van der Waals surface area contributed by atoms with Crippen molar-refractivity contribution < 1.29 is 0 Å². The van der Waals surface area contributed by atoms with Gasteiger partial charge in [0.2, 0.25) is 0 Å². The predicted octanol–water partition coefficient (Wildman–Crippen LogP) is 2.52. The first-order valence-corrected chi connectivity index (χ1v) is 6.96. The van der Waals surface area contributed by atoms with E-state index in [2.05, 4.69) is 9.97 Å². The minimum atomic E-state index is -0.483. The third-order valence-electron chi connectivity index (χ3n) is 2.48. The Balaban J connectivity index is 2.37. The maximum atomic E-state index is 12.0. The molecular weight excluding hydrogens is 268 g/mol. The van der Waals surface area contributed by atoms with Gasteiger partial charge >= 0.3 is 5.69 Å². The molecule has 6 heteroatoms. The van der Waals surface area contributed by atoms with Crippen molar-refractivity contribution in [1.29, 1.82) is 0 Å². The molecule has 3 aromatic heterocycles. The molecule has 0 spiro atoms. The number of aromatic amines is 2. The van der Waals surface area contributed by atoms with Gasteiger partial charge in [0.1, 0.15) is 0 Å². The zero-order chi connectivity index (χ0) is 12.5. The van der Waals surface area contributed by atoms with Crippen LogP contribution in [0.25, 0.3) is 21.0 Å². The number of hydrogen-bond donors (Lipinski definition) is 2. The maximum Gasteiger partial charge on any atom is 0.326 e. The smallest absolute Gasteiger partial charge is 0.305 e. The number of aromatic nitrogens is 2. The molecule has 0 aliphatic heterocycles. The molecule has 3 aromatic rings. The van der Waals surface area contributed by atoms with Crippen LogP contribution in [0.2, 0.25) is 0 Å². The highest BCUT2D eigenvalue weighted by Gasteiger charge is 2.14. The van der Waals surface area contributed by atoms with Crippen LogP contribution in [0.15, 0.2) is 44.6 Å². The second kappa shape index (κ2) is 4.40. The van der Waals surface area contributed by atoms with E-state index >= 15 is 0 Å². The summed E-state index contributed by atoms with van der Waals surface area (Å²) in [5.41, 5.74) is 0.265. The van der Waals surface area contributed by atoms with E-state index in [9.17, 15) is 9.59 Å². The van der Waals surface area contributed by atoms with E-state index in [1.807, 2.05) is 35.0 Å². The van der Waals surface area contributed by atoms with Crippen LogP contribution in [0.3, 0.4) is 0 Å². The van der Waals surface area contributed by atoms with E-state index < -0.39 is 5.69 Å². The highest BCUT2D eigenvalue weighted by atomic mass is 32.1. The van der Waals surface area contributed by atoms with Gasteiger partial charge < -0.3 is 4.98 Å². The molecular formula is C12H8N2O2S2. The van der Waals surface area contributed by atoms with Crippen LogP contribution in [0.4, 0.5) is 0 Å². The lowest BCUT2D eigenvalue weighted by Gasteiger charge is -2.04. The zero-order valence-electron chi connectivity index (χ0n) is 9.10. The van der Waals surface area contributed by atoms with Gasteiger partial charge in [-0.15, -0.1) is 22.7 Å². The molecule has 3 rings (SSSR count). The van der Waals surface area contributed by atoms with Crippen molar-refractivity contribution in [2.75, 3.05) is 0 Å². The first-order chi connectivity index (χ1) is 8.75. The Morgan fingerprint density at radius 1 is 0.889 bits per heavy atom. The van der Waals surface area contributed by atoms with Crippen molar-refractivity contribution in [2.24, 2.45) is 0 Å². The average molecular weight is 276 g/mol. The van der Waals surface area contributed by atoms with E-state index in [0.717, 1.165) is 9.75 Å². The van der Waals surface area contributed by atoms with E-state index in [0.29, 0.717) is 11.3 Å². The van der Waals surface area contributed by atoms with Crippen molar-refractivity contribution in [1.82, 2.24) is 9.97 Å². The van der Waals surface area contributed by atoms with Gasteiger partial charge in [-0.3, -0.25) is 9.78 Å². The highest BCUT2D eigenvalue weighted by molar-refractivity contribution is 7.14. The lowest BCUT2D eigenvalue weighted by molar-refractivity contribution is 1.05. The molecule has 0 unspecified atom stereocenters. The maximum absolute atomic E-state index is 12.0. The molecule has 0 aliphatic rings. The van der Waals surface area contributed by atoms with Crippen molar-refractivity contribution in [3.05, 3.63) is 55.9 Å². The summed E-state index contributed by atoms with van der Waals surface area (Å²) in [4.78, 5) is 30.1. The van der Waals surface area contributed by atoms with Crippen LogP contribution in [-0.2, 0) is 0 Å². The Morgan fingerprint density at radius 2 is 1.56 bits per heavy atom. The molecule has 4 nitrogen and oxygen atoms in total. The molecule has 0 saturated heterocycles. The normalized spacial score (nSPS) is 10.7. The van der Waals surface area contributed by atoms with Crippen molar-refractivity contribution in [2.45, 2.75) is 0 Å². The fraction of sp³-hybridized carbons (Fsp3) is 0. The monoisotopic (exact) mass is 276 g/mol. The average Bonchev–Trinajstić information content (AvgIpc) is 3.01. The van der Waals surface area contributed by atoms with Gasteiger partial charge in [0.25, 0.3) is 5.56 Å². The summed E-state index contributed by atoms with van der Waals surface area (Å²) in [7, 11) is 0. The highest BCUT2D eigenvalue weighted by Crippen LogP contribution is 2.31. The Bertz CT molecular complexity index is 767. The molecule has 0 saturated carbocycles. The van der Waals surface area contributed by atoms with E-state index in [1.165, 1.54) is 22.7 Å². The third kappa shape index (κ3) is 1.85. The fourth-order valence-corrected chi connectivity index (χ4v) is 3.25. The van der Waals surface area contributed by atoms with Crippen molar-refractivity contribution in [3.8, 4) is 21.0 Å². The molecule has 0 amide bonds. The van der Waals surface area contributed by atoms with Gasteiger partial charge in [0.05, 0.1) is 16.1 Å². The first-order valence-electron chi connectivity index (χ1n) is 5.20. The Labute approximate surface area is 110 Å². The summed E-state index contributed by atoms with van der Waals surface area (Å²) in [5.74, 6) is 0. The molecule has 0 aliphatic carbocycles. The molecule has 0 fully saturated rings. The van der Waals surface area contributed by atoms with Crippen LogP contribution >= 0.6 is 22.7 Å². The van der Waals surface area contributed by atoms with Gasteiger partial charge in [-0.2, -0.15) is 0 Å². The van der Waals surface area contributed by atoms with Crippen LogP contribution in [0.5, 0.6) is 0 Å². The number of thiophene rings is 2. The summed E-state index contributed by atoms with van der Waals surface area (Å²) in [6.45, 7) is 0. The molecule has 3 heterocycles. The van der Waals surface area contributed by atoms with Crippen molar-refractivity contribution in [3.63, 3.8) is 0 Å². The number of H-pyrrole nitrogens is 2. The van der Waals surface area contributed by atoms with E-state index in [1.54, 1.807) is 0 Å². The second-order valence-electron chi connectivity index (χ2n) is 3.61. The molecule has 90 valence electrons. The quantitative estimate of drug-likeness (QED) is 0.755. The van der Waals surface area contributed by atoms with Crippen LogP contribution < -0.4 is 11.2 Å². The minimum absolute atomic E-state index is 0.357. The van der Waals surface area contributed by atoms with Gasteiger partial charge in [0, 0.05) is 4.88 Å². The lowest BCUT2D eigenvalue weighted by atomic mass is 10.1. The predicted molar refractivity (Wildman–Crippen MR) is 74.3 cm³/mol. The first kappa shape index (κ1) is 11.2. The molecule has 0 aromatic carbocycles. The number of hydrogen-bond acceptors (Lipinski definition) is 4. The molecule has 0 bridgehead atoms. The lowest BCUT2D eigenvalue weighted by Crippen LogP contribution is -2.24. The summed E-state index contributed by atoms with van der Waals surface area (Å²) >= 11 is 2.96. The Morgan fingerprint density at radius 3 is 2.17 bits per heavy atom. The summed E-state index contributed by atoms with van der Waals surface area (Å²) in [6.07, 6.45) is 0. The minimum Gasteiger partial charge on any atom is -0.305 e. The largest absolute Gasteiger partial charge is 0.326 e.